The van der Waals surface area contributed by atoms with Crippen LogP contribution in [-0.2, 0) is 0 Å². The SMILES string of the molecule is Oc1ccc(-c2sc3cc(O)ccc3c2C(O)c2ccc(OCC(O)CN3CCCC3)cc2)cc1. The van der Waals surface area contributed by atoms with E-state index in [4.69, 9.17) is 4.74 Å². The third-order valence-electron chi connectivity index (χ3n) is 6.42. The minimum atomic E-state index is -0.896. The Morgan fingerprint density at radius 3 is 2.26 bits per heavy atom. The van der Waals surface area contributed by atoms with Crippen molar-refractivity contribution < 1.29 is 25.2 Å². The molecule has 1 aliphatic rings. The second kappa shape index (κ2) is 10.3. The number of thiophene rings is 1. The molecule has 0 aliphatic carbocycles. The number of hydrogen-bond donors (Lipinski definition) is 4. The Balaban J connectivity index is 1.37. The highest BCUT2D eigenvalue weighted by Crippen LogP contribution is 2.45. The van der Waals surface area contributed by atoms with E-state index < -0.39 is 12.2 Å². The lowest BCUT2D eigenvalue weighted by Gasteiger charge is -2.19. The summed E-state index contributed by atoms with van der Waals surface area (Å²) in [5, 5.41) is 42.2. The molecular formula is C28H29NO5S. The largest absolute Gasteiger partial charge is 0.508 e. The zero-order chi connectivity index (χ0) is 24.4. The van der Waals surface area contributed by atoms with E-state index in [0.29, 0.717) is 17.9 Å². The molecule has 6 nitrogen and oxygen atoms in total. The number of aliphatic hydroxyl groups excluding tert-OH is 2. The molecule has 0 radical (unpaired) electrons. The fourth-order valence-corrected chi connectivity index (χ4v) is 5.90. The van der Waals surface area contributed by atoms with Gasteiger partial charge < -0.3 is 30.1 Å². The highest BCUT2D eigenvalue weighted by atomic mass is 32.1. The van der Waals surface area contributed by atoms with Gasteiger partial charge in [-0.15, -0.1) is 11.3 Å². The van der Waals surface area contributed by atoms with Crippen molar-refractivity contribution in [1.29, 1.82) is 0 Å². The predicted molar refractivity (Wildman–Crippen MR) is 138 cm³/mol. The van der Waals surface area contributed by atoms with Crippen molar-refractivity contribution >= 4 is 21.4 Å². The van der Waals surface area contributed by atoms with Gasteiger partial charge in [-0.25, -0.2) is 0 Å². The second-order valence-electron chi connectivity index (χ2n) is 9.02. The van der Waals surface area contributed by atoms with Crippen LogP contribution in [0.1, 0.15) is 30.1 Å². The summed E-state index contributed by atoms with van der Waals surface area (Å²) >= 11 is 1.49. The highest BCUT2D eigenvalue weighted by Gasteiger charge is 2.23. The Bertz CT molecular complexity index is 1280. The standard InChI is InChI=1S/C28H29NO5S/c30-20-7-3-19(4-8-20)28-26(24-12-9-21(31)15-25(24)35-28)27(33)18-5-10-23(11-6-18)34-17-22(32)16-29-13-1-2-14-29/h3-12,15,22,27,30-33H,1-2,13-14,16-17H2. The third-order valence-corrected chi connectivity index (χ3v) is 7.64. The maximum Gasteiger partial charge on any atom is 0.119 e. The van der Waals surface area contributed by atoms with E-state index in [0.717, 1.165) is 39.2 Å². The summed E-state index contributed by atoms with van der Waals surface area (Å²) in [6.45, 7) is 2.92. The Morgan fingerprint density at radius 1 is 0.857 bits per heavy atom. The lowest BCUT2D eigenvalue weighted by molar-refractivity contribution is 0.0758. The molecule has 1 aromatic heterocycles. The first-order valence-corrected chi connectivity index (χ1v) is 12.7. The minimum absolute atomic E-state index is 0.172. The lowest BCUT2D eigenvalue weighted by Crippen LogP contribution is -2.33. The maximum absolute atomic E-state index is 11.4. The molecule has 7 heteroatoms. The van der Waals surface area contributed by atoms with Crippen LogP contribution in [0.25, 0.3) is 20.5 Å². The molecular weight excluding hydrogens is 462 g/mol. The predicted octanol–water partition coefficient (Wildman–Crippen LogP) is 4.90. The van der Waals surface area contributed by atoms with Crippen LogP contribution in [0, 0.1) is 0 Å². The second-order valence-corrected chi connectivity index (χ2v) is 10.1. The molecule has 0 amide bonds. The summed E-state index contributed by atoms with van der Waals surface area (Å²) in [4.78, 5) is 3.13. The van der Waals surface area contributed by atoms with Crippen molar-refractivity contribution in [2.45, 2.75) is 25.0 Å². The molecule has 3 aromatic carbocycles. The van der Waals surface area contributed by atoms with Crippen molar-refractivity contribution in [1.82, 2.24) is 4.90 Å². The Kier molecular flexibility index (Phi) is 6.92. The summed E-state index contributed by atoms with van der Waals surface area (Å²) in [7, 11) is 0. The first-order valence-electron chi connectivity index (χ1n) is 11.8. The number of phenolic OH excluding ortho intramolecular Hbond substituents is 2. The normalized spacial score (nSPS) is 15.9. The van der Waals surface area contributed by atoms with Crippen LogP contribution in [-0.4, -0.2) is 57.7 Å². The molecule has 4 aromatic rings. The molecule has 2 atom stereocenters. The van der Waals surface area contributed by atoms with Crippen LogP contribution in [0.4, 0.5) is 0 Å². The molecule has 4 N–H and O–H groups in total. The Morgan fingerprint density at radius 2 is 1.54 bits per heavy atom. The van der Waals surface area contributed by atoms with E-state index in [2.05, 4.69) is 4.90 Å². The number of β-amino-alcohol motifs (C(OH)–C–C–N with tert-alkyl or cyclic N) is 1. The summed E-state index contributed by atoms with van der Waals surface area (Å²) in [6.07, 6.45) is 0.936. The molecule has 35 heavy (non-hydrogen) atoms. The van der Waals surface area contributed by atoms with Gasteiger partial charge >= 0.3 is 0 Å². The number of ether oxygens (including phenoxy) is 1. The number of fused-ring (bicyclic) bond motifs is 1. The van der Waals surface area contributed by atoms with E-state index in [1.165, 1.54) is 24.2 Å². The van der Waals surface area contributed by atoms with E-state index in [9.17, 15) is 20.4 Å². The smallest absolute Gasteiger partial charge is 0.119 e. The van der Waals surface area contributed by atoms with Gasteiger partial charge in [0.1, 0.15) is 36.1 Å². The topological polar surface area (TPSA) is 93.4 Å². The average Bonchev–Trinajstić information content (AvgIpc) is 3.50. The van der Waals surface area contributed by atoms with Gasteiger partial charge in [0.2, 0.25) is 0 Å². The molecule has 182 valence electrons. The van der Waals surface area contributed by atoms with Gasteiger partial charge in [0.15, 0.2) is 0 Å². The van der Waals surface area contributed by atoms with Crippen LogP contribution < -0.4 is 4.74 Å². The van der Waals surface area contributed by atoms with E-state index >= 15 is 0 Å². The molecule has 0 bridgehead atoms. The van der Waals surface area contributed by atoms with Crippen molar-refractivity contribution in [3.05, 3.63) is 77.9 Å². The first kappa shape index (κ1) is 23.6. The Labute approximate surface area is 208 Å². The number of benzene rings is 3. The Hall–Kier alpha value is -3.10. The third kappa shape index (κ3) is 5.28. The summed E-state index contributed by atoms with van der Waals surface area (Å²) < 4.78 is 6.65. The van der Waals surface area contributed by atoms with Gasteiger partial charge in [0, 0.05) is 21.7 Å². The van der Waals surface area contributed by atoms with Crippen molar-refractivity contribution in [2.75, 3.05) is 26.2 Å². The fraction of sp³-hybridized carbons (Fsp3) is 0.286. The summed E-state index contributed by atoms with van der Waals surface area (Å²) in [5.74, 6) is 0.987. The van der Waals surface area contributed by atoms with Crippen LogP contribution in [0.15, 0.2) is 66.7 Å². The van der Waals surface area contributed by atoms with Crippen molar-refractivity contribution in [3.63, 3.8) is 0 Å². The number of likely N-dealkylation sites (tertiary alicyclic amines) is 1. The summed E-state index contributed by atoms with van der Waals surface area (Å²) in [6, 6.07) is 19.3. The van der Waals surface area contributed by atoms with Crippen LogP contribution in [0.2, 0.25) is 0 Å². The van der Waals surface area contributed by atoms with Gasteiger partial charge in [-0.05, 0) is 97.0 Å². The van der Waals surface area contributed by atoms with Gasteiger partial charge in [0.25, 0.3) is 0 Å². The molecule has 2 heterocycles. The maximum atomic E-state index is 11.4. The summed E-state index contributed by atoms with van der Waals surface area (Å²) in [5.41, 5.74) is 2.35. The molecule has 0 spiro atoms. The number of rotatable bonds is 8. The minimum Gasteiger partial charge on any atom is -0.508 e. The van der Waals surface area contributed by atoms with Crippen LogP contribution in [0.5, 0.6) is 17.2 Å². The number of aliphatic hydroxyl groups is 2. The molecule has 5 rings (SSSR count). The molecule has 1 fully saturated rings. The van der Waals surface area contributed by atoms with Gasteiger partial charge in [0.05, 0.1) is 0 Å². The van der Waals surface area contributed by atoms with Gasteiger partial charge in [-0.3, -0.25) is 0 Å². The number of aromatic hydroxyl groups is 2. The highest BCUT2D eigenvalue weighted by molar-refractivity contribution is 7.22. The molecule has 1 aliphatic heterocycles. The van der Waals surface area contributed by atoms with Gasteiger partial charge in [-0.2, -0.15) is 0 Å². The zero-order valence-electron chi connectivity index (χ0n) is 19.3. The van der Waals surface area contributed by atoms with E-state index in [1.54, 1.807) is 24.3 Å². The monoisotopic (exact) mass is 491 g/mol. The fourth-order valence-electron chi connectivity index (χ4n) is 4.63. The van der Waals surface area contributed by atoms with Gasteiger partial charge in [-0.1, -0.05) is 12.1 Å². The lowest BCUT2D eigenvalue weighted by atomic mass is 9.96. The van der Waals surface area contributed by atoms with Crippen molar-refractivity contribution in [2.24, 2.45) is 0 Å². The van der Waals surface area contributed by atoms with Crippen LogP contribution >= 0.6 is 11.3 Å². The number of phenols is 2. The average molecular weight is 492 g/mol. The number of hydrogen-bond acceptors (Lipinski definition) is 7. The van der Waals surface area contributed by atoms with E-state index in [1.807, 2.05) is 42.5 Å². The van der Waals surface area contributed by atoms with Crippen molar-refractivity contribution in [3.8, 4) is 27.7 Å². The van der Waals surface area contributed by atoms with E-state index in [-0.39, 0.29) is 18.1 Å². The van der Waals surface area contributed by atoms with Crippen LogP contribution in [0.3, 0.4) is 0 Å². The quantitative estimate of drug-likeness (QED) is 0.280. The zero-order valence-corrected chi connectivity index (χ0v) is 20.1. The first-order chi connectivity index (χ1) is 17.0. The molecule has 2 unspecified atom stereocenters. The number of nitrogens with zero attached hydrogens (tertiary/aromatic N) is 1. The molecule has 1 saturated heterocycles. The molecule has 0 saturated carbocycles.